The van der Waals surface area contributed by atoms with Gasteiger partial charge in [0.05, 0.1) is 18.7 Å². The normalized spacial score (nSPS) is 12.3. The zero-order valence-electron chi connectivity index (χ0n) is 21.7. The lowest BCUT2D eigenvalue weighted by atomic mass is 9.98. The number of hydrogen-bond donors (Lipinski definition) is 1. The Morgan fingerprint density at radius 3 is 2.57 bits per heavy atom. The minimum atomic E-state index is -0.905. The van der Waals surface area contributed by atoms with Crippen molar-refractivity contribution in [1.29, 1.82) is 0 Å². The van der Waals surface area contributed by atoms with Crippen LogP contribution >= 0.6 is 11.3 Å². The van der Waals surface area contributed by atoms with Gasteiger partial charge in [0.25, 0.3) is 0 Å². The third-order valence-electron chi connectivity index (χ3n) is 6.35. The maximum absolute atomic E-state index is 14.0. The van der Waals surface area contributed by atoms with E-state index in [1.165, 1.54) is 0 Å². The van der Waals surface area contributed by atoms with Crippen molar-refractivity contribution in [3.8, 4) is 5.75 Å². The van der Waals surface area contributed by atoms with Gasteiger partial charge in [-0.05, 0) is 56.8 Å². The first-order chi connectivity index (χ1) is 17.8. The molecule has 1 N–H and O–H groups in total. The smallest absolute Gasteiger partial charge is 0.248 e. The average molecular weight is 520 g/mol. The van der Waals surface area contributed by atoms with Crippen LogP contribution in [0, 0.1) is 0 Å². The molecule has 1 atom stereocenters. The fraction of sp³-hybridized carbons (Fsp3) is 0.357. The first-order valence-corrected chi connectivity index (χ1v) is 13.3. The Morgan fingerprint density at radius 1 is 1.08 bits per heavy atom. The molecule has 194 valence electrons. The van der Waals surface area contributed by atoms with Gasteiger partial charge in [0.15, 0.2) is 0 Å². The van der Waals surface area contributed by atoms with E-state index in [9.17, 15) is 9.59 Å². The standard InChI is InChI=1S/C28H33N5O3S/c1-5-28(3,4)29-27(35)26(21-13-7-10-16-24(21)36-6-2)32(18-20-12-11-17-37-20)25(34)19-33-23-15-9-8-14-22(23)30-31-33/h7-17,26H,5-6,18-19H2,1-4H3,(H,29,35)/t26-/m1/s1. The number of aromatic nitrogens is 3. The molecule has 0 saturated carbocycles. The van der Waals surface area contributed by atoms with Gasteiger partial charge in [-0.3, -0.25) is 9.59 Å². The van der Waals surface area contributed by atoms with Crippen molar-refractivity contribution >= 4 is 34.2 Å². The number of carbonyl (C=O) groups excluding carboxylic acids is 2. The molecule has 0 spiro atoms. The fourth-order valence-corrected chi connectivity index (χ4v) is 4.78. The number of rotatable bonds is 11. The Labute approximate surface area is 221 Å². The molecule has 0 aliphatic carbocycles. The molecule has 2 heterocycles. The number of hydrogen-bond acceptors (Lipinski definition) is 6. The molecule has 4 aromatic rings. The maximum Gasteiger partial charge on any atom is 0.248 e. The molecule has 4 rings (SSSR count). The minimum Gasteiger partial charge on any atom is -0.494 e. The lowest BCUT2D eigenvalue weighted by Crippen LogP contribution is -2.50. The summed E-state index contributed by atoms with van der Waals surface area (Å²) in [5.74, 6) is 0.0757. The van der Waals surface area contributed by atoms with E-state index in [4.69, 9.17) is 4.74 Å². The average Bonchev–Trinajstić information content (AvgIpc) is 3.55. The van der Waals surface area contributed by atoms with Gasteiger partial charge in [-0.2, -0.15) is 0 Å². The molecule has 9 heteroatoms. The van der Waals surface area contributed by atoms with Crippen LogP contribution in [0.3, 0.4) is 0 Å². The van der Waals surface area contributed by atoms with Gasteiger partial charge in [-0.25, -0.2) is 4.68 Å². The van der Waals surface area contributed by atoms with E-state index in [0.29, 0.717) is 23.4 Å². The predicted molar refractivity (Wildman–Crippen MR) is 145 cm³/mol. The Morgan fingerprint density at radius 2 is 1.84 bits per heavy atom. The van der Waals surface area contributed by atoms with Crippen LogP contribution in [-0.2, 0) is 22.7 Å². The number of carbonyl (C=O) groups is 2. The summed E-state index contributed by atoms with van der Waals surface area (Å²) in [6, 6.07) is 17.9. The molecule has 2 amide bonds. The highest BCUT2D eigenvalue weighted by atomic mass is 32.1. The summed E-state index contributed by atoms with van der Waals surface area (Å²) in [5.41, 5.74) is 1.66. The third-order valence-corrected chi connectivity index (χ3v) is 7.21. The van der Waals surface area contributed by atoms with Gasteiger partial charge >= 0.3 is 0 Å². The van der Waals surface area contributed by atoms with Crippen molar-refractivity contribution in [3.63, 3.8) is 0 Å². The molecule has 0 radical (unpaired) electrons. The zero-order chi connectivity index (χ0) is 26.4. The van der Waals surface area contributed by atoms with Gasteiger partial charge in [0, 0.05) is 16.0 Å². The lowest BCUT2D eigenvalue weighted by Gasteiger charge is -2.35. The second-order valence-electron chi connectivity index (χ2n) is 9.44. The summed E-state index contributed by atoms with van der Waals surface area (Å²) < 4.78 is 7.49. The van der Waals surface area contributed by atoms with Crippen LogP contribution < -0.4 is 10.1 Å². The molecule has 0 unspecified atom stereocenters. The first-order valence-electron chi connectivity index (χ1n) is 12.5. The molecular formula is C28H33N5O3S. The Bertz CT molecular complexity index is 1350. The molecule has 0 bridgehead atoms. The highest BCUT2D eigenvalue weighted by Crippen LogP contribution is 2.33. The minimum absolute atomic E-state index is 0.0519. The monoisotopic (exact) mass is 519 g/mol. The summed E-state index contributed by atoms with van der Waals surface area (Å²) in [5, 5.41) is 13.5. The number of benzene rings is 2. The number of nitrogens with one attached hydrogen (secondary N) is 1. The maximum atomic E-state index is 14.0. The van der Waals surface area contributed by atoms with Crippen LogP contribution in [-0.4, -0.2) is 43.9 Å². The van der Waals surface area contributed by atoms with Crippen LogP contribution in [0.2, 0.25) is 0 Å². The van der Waals surface area contributed by atoms with Crippen LogP contribution in [0.4, 0.5) is 0 Å². The number of para-hydroxylation sites is 2. The third kappa shape index (κ3) is 6.17. The number of nitrogens with zero attached hydrogens (tertiary/aromatic N) is 4. The summed E-state index contributed by atoms with van der Waals surface area (Å²) in [6.07, 6.45) is 0.738. The fourth-order valence-electron chi connectivity index (χ4n) is 4.08. The van der Waals surface area contributed by atoms with Crippen molar-refractivity contribution in [2.45, 2.75) is 58.8 Å². The SMILES string of the molecule is CCOc1ccccc1[C@H](C(=O)NC(C)(C)CC)N(Cc1cccs1)C(=O)Cn1nnc2ccccc21. The second kappa shape index (κ2) is 11.6. The molecule has 0 aliphatic rings. The summed E-state index contributed by atoms with van der Waals surface area (Å²) in [7, 11) is 0. The van der Waals surface area contributed by atoms with Crippen molar-refractivity contribution in [2.75, 3.05) is 6.61 Å². The number of fused-ring (bicyclic) bond motifs is 1. The van der Waals surface area contributed by atoms with E-state index in [1.807, 2.05) is 93.7 Å². The topological polar surface area (TPSA) is 89.4 Å². The molecule has 0 saturated heterocycles. The zero-order valence-corrected chi connectivity index (χ0v) is 22.5. The highest BCUT2D eigenvalue weighted by molar-refractivity contribution is 7.09. The lowest BCUT2D eigenvalue weighted by molar-refractivity contribution is -0.143. The van der Waals surface area contributed by atoms with E-state index in [1.54, 1.807) is 20.9 Å². The largest absolute Gasteiger partial charge is 0.494 e. The molecule has 37 heavy (non-hydrogen) atoms. The van der Waals surface area contributed by atoms with Gasteiger partial charge in [0.1, 0.15) is 23.9 Å². The number of amides is 2. The van der Waals surface area contributed by atoms with Gasteiger partial charge in [-0.1, -0.05) is 48.5 Å². The summed E-state index contributed by atoms with van der Waals surface area (Å²) in [4.78, 5) is 30.6. The van der Waals surface area contributed by atoms with Crippen LogP contribution in [0.15, 0.2) is 66.0 Å². The first kappa shape index (κ1) is 26.3. The van der Waals surface area contributed by atoms with Crippen molar-refractivity contribution in [3.05, 3.63) is 76.5 Å². The molecule has 8 nitrogen and oxygen atoms in total. The van der Waals surface area contributed by atoms with Crippen LogP contribution in [0.25, 0.3) is 11.0 Å². The molecule has 0 fully saturated rings. The van der Waals surface area contributed by atoms with Crippen LogP contribution in [0.5, 0.6) is 5.75 Å². The van der Waals surface area contributed by atoms with Crippen LogP contribution in [0.1, 0.15) is 50.6 Å². The molecule has 2 aromatic carbocycles. The summed E-state index contributed by atoms with van der Waals surface area (Å²) in [6.45, 7) is 8.53. The van der Waals surface area contributed by atoms with Crippen molar-refractivity contribution in [1.82, 2.24) is 25.2 Å². The Hall–Kier alpha value is -3.72. The van der Waals surface area contributed by atoms with Gasteiger partial charge < -0.3 is 15.0 Å². The second-order valence-corrected chi connectivity index (χ2v) is 10.5. The van der Waals surface area contributed by atoms with E-state index < -0.39 is 11.6 Å². The van der Waals surface area contributed by atoms with Crippen molar-refractivity contribution < 1.29 is 14.3 Å². The quantitative estimate of drug-likeness (QED) is 0.302. The van der Waals surface area contributed by atoms with E-state index in [0.717, 1.165) is 16.8 Å². The predicted octanol–water partition coefficient (Wildman–Crippen LogP) is 4.97. The molecular weight excluding hydrogens is 486 g/mol. The van der Waals surface area contributed by atoms with Gasteiger partial charge in [-0.15, -0.1) is 16.4 Å². The molecule has 2 aromatic heterocycles. The van der Waals surface area contributed by atoms with E-state index >= 15 is 0 Å². The van der Waals surface area contributed by atoms with Gasteiger partial charge in [0.2, 0.25) is 11.8 Å². The van der Waals surface area contributed by atoms with Crippen molar-refractivity contribution in [2.24, 2.45) is 0 Å². The highest BCUT2D eigenvalue weighted by Gasteiger charge is 2.36. The Balaban J connectivity index is 1.79. The Kier molecular flexibility index (Phi) is 8.23. The number of ether oxygens (including phenoxy) is 1. The van der Waals surface area contributed by atoms with E-state index in [-0.39, 0.29) is 24.9 Å². The summed E-state index contributed by atoms with van der Waals surface area (Å²) >= 11 is 1.54. The number of thiophene rings is 1. The molecule has 0 aliphatic heterocycles. The van der Waals surface area contributed by atoms with E-state index in [2.05, 4.69) is 15.6 Å².